The Balaban J connectivity index is 1.54. The first-order chi connectivity index (χ1) is 12.9. The van der Waals surface area contributed by atoms with E-state index in [-0.39, 0.29) is 29.1 Å². The summed E-state index contributed by atoms with van der Waals surface area (Å²) in [7, 11) is -2.97. The van der Waals surface area contributed by atoms with Crippen molar-refractivity contribution in [1.29, 1.82) is 0 Å². The van der Waals surface area contributed by atoms with E-state index in [0.29, 0.717) is 12.0 Å². The lowest BCUT2D eigenvalue weighted by Gasteiger charge is -2.16. The second-order valence-electron chi connectivity index (χ2n) is 6.74. The molecule has 0 spiro atoms. The highest BCUT2D eigenvalue weighted by Crippen LogP contribution is 2.31. The number of hydrogen-bond donors (Lipinski definition) is 0. The molecule has 4 rings (SSSR count). The quantitative estimate of drug-likeness (QED) is 0.357. The SMILES string of the molecule is Cc1cc(C(=O)CSc2ncnc3sccc23)c(C)n1[C@H]1CCS(=O)(=O)C1. The Morgan fingerprint density at radius 1 is 1.37 bits per heavy atom. The van der Waals surface area contributed by atoms with Gasteiger partial charge in [0.2, 0.25) is 0 Å². The third-order valence-corrected chi connectivity index (χ3v) is 8.50. The molecular weight excluding hydrogens is 402 g/mol. The number of nitrogens with zero attached hydrogens (tertiary/aromatic N) is 3. The standard InChI is InChI=1S/C18H19N3O3S3/c1-11-7-15(12(2)21(11)13-4-6-27(23,24)9-13)16(22)8-26-18-14-3-5-25-17(14)19-10-20-18/h3,5,7,10,13H,4,6,8-9H2,1-2H3/t13-/m0/s1. The number of thiophene rings is 1. The van der Waals surface area contributed by atoms with Gasteiger partial charge in [0.1, 0.15) is 16.2 Å². The maximum Gasteiger partial charge on any atom is 0.174 e. The molecule has 4 heterocycles. The van der Waals surface area contributed by atoms with Gasteiger partial charge in [-0.1, -0.05) is 11.8 Å². The first-order valence-corrected chi connectivity index (χ1v) is 12.3. The van der Waals surface area contributed by atoms with Crippen LogP contribution in [0.15, 0.2) is 28.9 Å². The molecule has 1 atom stereocenters. The molecule has 1 aliphatic heterocycles. The van der Waals surface area contributed by atoms with Crippen molar-refractivity contribution in [3.05, 3.63) is 40.8 Å². The lowest BCUT2D eigenvalue weighted by atomic mass is 10.2. The van der Waals surface area contributed by atoms with Crippen molar-refractivity contribution in [2.45, 2.75) is 31.3 Å². The van der Waals surface area contributed by atoms with Crippen molar-refractivity contribution < 1.29 is 13.2 Å². The van der Waals surface area contributed by atoms with Crippen molar-refractivity contribution in [3.8, 4) is 0 Å². The van der Waals surface area contributed by atoms with Crippen LogP contribution in [-0.4, -0.2) is 46.0 Å². The van der Waals surface area contributed by atoms with E-state index in [4.69, 9.17) is 0 Å². The molecule has 0 radical (unpaired) electrons. The Labute approximate surface area is 165 Å². The number of carbonyl (C=O) groups is 1. The van der Waals surface area contributed by atoms with Crippen molar-refractivity contribution in [2.75, 3.05) is 17.3 Å². The fourth-order valence-electron chi connectivity index (χ4n) is 3.69. The number of carbonyl (C=O) groups excluding carboxylic acids is 1. The molecule has 9 heteroatoms. The summed E-state index contributed by atoms with van der Waals surface area (Å²) in [4.78, 5) is 22.3. The minimum atomic E-state index is -2.97. The van der Waals surface area contributed by atoms with Gasteiger partial charge in [-0.15, -0.1) is 11.3 Å². The number of rotatable bonds is 5. The molecule has 3 aromatic heterocycles. The van der Waals surface area contributed by atoms with Gasteiger partial charge in [0.15, 0.2) is 15.6 Å². The van der Waals surface area contributed by atoms with Crippen LogP contribution in [0, 0.1) is 13.8 Å². The minimum absolute atomic E-state index is 0.0298. The Morgan fingerprint density at radius 2 is 2.19 bits per heavy atom. The average Bonchev–Trinajstić information content (AvgIpc) is 3.30. The highest BCUT2D eigenvalue weighted by molar-refractivity contribution is 8.00. The lowest BCUT2D eigenvalue weighted by molar-refractivity contribution is 0.102. The Kier molecular flexibility index (Phi) is 4.85. The molecule has 1 fully saturated rings. The van der Waals surface area contributed by atoms with Crippen LogP contribution in [0.2, 0.25) is 0 Å². The van der Waals surface area contributed by atoms with Crippen molar-refractivity contribution in [2.24, 2.45) is 0 Å². The van der Waals surface area contributed by atoms with Gasteiger partial charge in [-0.05, 0) is 37.8 Å². The van der Waals surface area contributed by atoms with E-state index in [2.05, 4.69) is 9.97 Å². The Morgan fingerprint density at radius 3 is 2.93 bits per heavy atom. The van der Waals surface area contributed by atoms with E-state index < -0.39 is 9.84 Å². The van der Waals surface area contributed by atoms with Crippen LogP contribution in [0.25, 0.3) is 10.2 Å². The monoisotopic (exact) mass is 421 g/mol. The smallest absolute Gasteiger partial charge is 0.174 e. The van der Waals surface area contributed by atoms with Crippen molar-refractivity contribution >= 4 is 48.9 Å². The number of fused-ring (bicyclic) bond motifs is 1. The molecule has 0 unspecified atom stereocenters. The van der Waals surface area contributed by atoms with E-state index >= 15 is 0 Å². The number of aromatic nitrogens is 3. The molecule has 6 nitrogen and oxygen atoms in total. The van der Waals surface area contributed by atoms with Crippen LogP contribution in [0.5, 0.6) is 0 Å². The molecule has 1 saturated heterocycles. The van der Waals surface area contributed by atoms with Crippen LogP contribution >= 0.6 is 23.1 Å². The summed E-state index contributed by atoms with van der Waals surface area (Å²) in [6, 6.07) is 3.78. The fourth-order valence-corrected chi connectivity index (χ4v) is 7.06. The second-order valence-corrected chi connectivity index (χ2v) is 10.8. The zero-order chi connectivity index (χ0) is 19.2. The molecule has 27 heavy (non-hydrogen) atoms. The Hall–Kier alpha value is -1.71. The summed E-state index contributed by atoms with van der Waals surface area (Å²) in [5.41, 5.74) is 2.45. The van der Waals surface area contributed by atoms with Gasteiger partial charge in [0.25, 0.3) is 0 Å². The summed E-state index contributed by atoms with van der Waals surface area (Å²) >= 11 is 2.97. The van der Waals surface area contributed by atoms with Crippen LogP contribution < -0.4 is 0 Å². The van der Waals surface area contributed by atoms with Crippen LogP contribution in [0.3, 0.4) is 0 Å². The maximum absolute atomic E-state index is 12.8. The van der Waals surface area contributed by atoms with Gasteiger partial charge in [-0.25, -0.2) is 18.4 Å². The highest BCUT2D eigenvalue weighted by Gasteiger charge is 2.31. The van der Waals surface area contributed by atoms with E-state index in [0.717, 1.165) is 26.6 Å². The summed E-state index contributed by atoms with van der Waals surface area (Å²) in [5.74, 6) is 0.693. The predicted octanol–water partition coefficient (Wildman–Crippen LogP) is 3.44. The van der Waals surface area contributed by atoms with Gasteiger partial charge in [-0.2, -0.15) is 0 Å². The number of sulfone groups is 1. The third kappa shape index (κ3) is 3.55. The molecule has 0 bridgehead atoms. The second kappa shape index (κ2) is 7.03. The first kappa shape index (κ1) is 18.6. The van der Waals surface area contributed by atoms with Crippen molar-refractivity contribution in [1.82, 2.24) is 14.5 Å². The lowest BCUT2D eigenvalue weighted by Crippen LogP contribution is -2.14. The number of thioether (sulfide) groups is 1. The molecule has 0 aliphatic carbocycles. The van der Waals surface area contributed by atoms with Crippen LogP contribution in [-0.2, 0) is 9.84 Å². The Bertz CT molecular complexity index is 1130. The number of hydrogen-bond acceptors (Lipinski definition) is 7. The molecular formula is C18H19N3O3S3. The topological polar surface area (TPSA) is 81.9 Å². The van der Waals surface area contributed by atoms with Crippen molar-refractivity contribution in [3.63, 3.8) is 0 Å². The average molecular weight is 422 g/mol. The summed E-state index contributed by atoms with van der Waals surface area (Å²) < 4.78 is 25.7. The molecule has 3 aromatic rings. The summed E-state index contributed by atoms with van der Waals surface area (Å²) in [6.45, 7) is 3.83. The van der Waals surface area contributed by atoms with Gasteiger partial charge in [0.05, 0.1) is 17.3 Å². The number of aryl methyl sites for hydroxylation is 1. The van der Waals surface area contributed by atoms with E-state index in [1.807, 2.05) is 35.9 Å². The largest absolute Gasteiger partial charge is 0.344 e. The van der Waals surface area contributed by atoms with Crippen LogP contribution in [0.1, 0.15) is 34.2 Å². The molecule has 142 valence electrons. The van der Waals surface area contributed by atoms with Gasteiger partial charge in [-0.3, -0.25) is 4.79 Å². The number of Topliss-reactive ketones (excluding diaryl/α,β-unsaturated/α-hetero) is 1. The highest BCUT2D eigenvalue weighted by atomic mass is 32.2. The third-order valence-electron chi connectivity index (χ3n) is 4.92. The summed E-state index contributed by atoms with van der Waals surface area (Å²) in [6.07, 6.45) is 2.14. The van der Waals surface area contributed by atoms with E-state index in [1.54, 1.807) is 11.3 Å². The predicted molar refractivity (Wildman–Crippen MR) is 109 cm³/mol. The zero-order valence-corrected chi connectivity index (χ0v) is 17.5. The van der Waals surface area contributed by atoms with Gasteiger partial charge >= 0.3 is 0 Å². The number of ketones is 1. The summed E-state index contributed by atoms with van der Waals surface area (Å²) in [5, 5.41) is 3.75. The molecule has 0 aromatic carbocycles. The molecule has 0 saturated carbocycles. The molecule has 0 amide bonds. The minimum Gasteiger partial charge on any atom is -0.344 e. The van der Waals surface area contributed by atoms with Gasteiger partial charge in [0, 0.05) is 28.4 Å². The molecule has 1 aliphatic rings. The maximum atomic E-state index is 12.8. The van der Waals surface area contributed by atoms with Gasteiger partial charge < -0.3 is 4.57 Å². The normalized spacial score (nSPS) is 19.0. The zero-order valence-electron chi connectivity index (χ0n) is 15.0. The fraction of sp³-hybridized carbons (Fsp3) is 0.389. The first-order valence-electron chi connectivity index (χ1n) is 8.59. The molecule has 0 N–H and O–H groups in total. The van der Waals surface area contributed by atoms with Crippen LogP contribution in [0.4, 0.5) is 0 Å². The van der Waals surface area contributed by atoms with E-state index in [9.17, 15) is 13.2 Å². The van der Waals surface area contributed by atoms with E-state index in [1.165, 1.54) is 18.1 Å².